The van der Waals surface area contributed by atoms with Gasteiger partial charge in [0.25, 0.3) is 5.91 Å². The minimum atomic E-state index is -0.564. The number of amides is 3. The van der Waals surface area contributed by atoms with Crippen molar-refractivity contribution in [2.24, 2.45) is 0 Å². The van der Waals surface area contributed by atoms with Crippen molar-refractivity contribution in [1.82, 2.24) is 15.2 Å². The van der Waals surface area contributed by atoms with Gasteiger partial charge in [0.2, 0.25) is 11.8 Å². The van der Waals surface area contributed by atoms with Gasteiger partial charge in [0.15, 0.2) is 5.13 Å². The Morgan fingerprint density at radius 1 is 1.12 bits per heavy atom. The first-order valence-corrected chi connectivity index (χ1v) is 11.9. The predicted octanol–water partition coefficient (Wildman–Crippen LogP) is 4.29. The monoisotopic (exact) mass is 482 g/mol. The highest BCUT2D eigenvalue weighted by Crippen LogP contribution is 2.25. The fraction of sp³-hybridized carbons (Fsp3) is 0.250. The highest BCUT2D eigenvalue weighted by molar-refractivity contribution is 7.13. The number of hydrogen-bond donors (Lipinski definition) is 2. The van der Waals surface area contributed by atoms with E-state index in [0.717, 1.165) is 12.0 Å². The lowest BCUT2D eigenvalue weighted by Gasteiger charge is -2.26. The molecule has 9 heteroatoms. The summed E-state index contributed by atoms with van der Waals surface area (Å²) in [6, 6.07) is 15.0. The van der Waals surface area contributed by atoms with Crippen molar-refractivity contribution in [3.8, 4) is 0 Å². The number of carbonyl (C=O) groups excluding carboxylic acids is 3. The average molecular weight is 483 g/mol. The van der Waals surface area contributed by atoms with Crippen molar-refractivity contribution in [3.63, 3.8) is 0 Å². The van der Waals surface area contributed by atoms with Crippen molar-refractivity contribution in [1.29, 1.82) is 0 Å². The first-order chi connectivity index (χ1) is 16.0. The summed E-state index contributed by atoms with van der Waals surface area (Å²) >= 11 is 7.51. The Balaban J connectivity index is 1.49. The SMILES string of the molecule is O=C(NC(CC(=O)N1CCCC1C(=O)Nc1nccs1)c1ccccc1)c1ccccc1Cl. The zero-order valence-electron chi connectivity index (χ0n) is 17.7. The fourth-order valence-electron chi connectivity index (χ4n) is 3.92. The van der Waals surface area contributed by atoms with E-state index in [0.29, 0.717) is 28.7 Å². The molecule has 2 N–H and O–H groups in total. The van der Waals surface area contributed by atoms with Crippen LogP contribution in [0.4, 0.5) is 5.13 Å². The van der Waals surface area contributed by atoms with Gasteiger partial charge < -0.3 is 15.5 Å². The smallest absolute Gasteiger partial charge is 0.253 e. The molecule has 1 aliphatic heterocycles. The number of halogens is 1. The topological polar surface area (TPSA) is 91.4 Å². The summed E-state index contributed by atoms with van der Waals surface area (Å²) in [6.07, 6.45) is 2.97. The summed E-state index contributed by atoms with van der Waals surface area (Å²) < 4.78 is 0. The second kappa shape index (κ2) is 10.6. The highest BCUT2D eigenvalue weighted by atomic mass is 35.5. The maximum absolute atomic E-state index is 13.3. The zero-order chi connectivity index (χ0) is 23.2. The summed E-state index contributed by atoms with van der Waals surface area (Å²) in [5, 5.41) is 8.35. The number of aromatic nitrogens is 1. The van der Waals surface area contributed by atoms with Gasteiger partial charge in [-0.15, -0.1) is 11.3 Å². The largest absolute Gasteiger partial charge is 0.345 e. The van der Waals surface area contributed by atoms with E-state index >= 15 is 0 Å². The first-order valence-electron chi connectivity index (χ1n) is 10.6. The highest BCUT2D eigenvalue weighted by Gasteiger charge is 2.35. The number of hydrogen-bond acceptors (Lipinski definition) is 5. The summed E-state index contributed by atoms with van der Waals surface area (Å²) in [7, 11) is 0. The summed E-state index contributed by atoms with van der Waals surface area (Å²) in [5.74, 6) is -0.797. The third kappa shape index (κ3) is 5.58. The van der Waals surface area contributed by atoms with Gasteiger partial charge in [0.1, 0.15) is 6.04 Å². The number of benzene rings is 2. The Labute approximate surface area is 200 Å². The summed E-state index contributed by atoms with van der Waals surface area (Å²) in [4.78, 5) is 44.6. The second-order valence-corrected chi connectivity index (χ2v) is 8.99. The van der Waals surface area contributed by atoms with Gasteiger partial charge in [-0.2, -0.15) is 0 Å². The third-order valence-corrected chi connectivity index (χ3v) is 6.56. The van der Waals surface area contributed by atoms with Crippen LogP contribution in [0.15, 0.2) is 66.2 Å². The molecular weight excluding hydrogens is 460 g/mol. The van der Waals surface area contributed by atoms with Crippen LogP contribution in [0.1, 0.15) is 41.2 Å². The van der Waals surface area contributed by atoms with E-state index in [9.17, 15) is 14.4 Å². The number of thiazole rings is 1. The Hall–Kier alpha value is -3.23. The molecule has 3 aromatic rings. The minimum Gasteiger partial charge on any atom is -0.345 e. The number of anilines is 1. The van der Waals surface area contributed by atoms with Gasteiger partial charge in [-0.25, -0.2) is 4.98 Å². The van der Waals surface area contributed by atoms with Crippen molar-refractivity contribution in [2.75, 3.05) is 11.9 Å². The molecule has 2 atom stereocenters. The quantitative estimate of drug-likeness (QED) is 0.525. The molecule has 33 heavy (non-hydrogen) atoms. The number of nitrogens with one attached hydrogen (secondary N) is 2. The van der Waals surface area contributed by atoms with Crippen LogP contribution >= 0.6 is 22.9 Å². The van der Waals surface area contributed by atoms with Crippen LogP contribution in [-0.2, 0) is 9.59 Å². The zero-order valence-corrected chi connectivity index (χ0v) is 19.3. The molecule has 0 spiro atoms. The normalized spacial score (nSPS) is 16.3. The van der Waals surface area contributed by atoms with E-state index in [4.69, 9.17) is 11.6 Å². The Morgan fingerprint density at radius 3 is 2.61 bits per heavy atom. The standard InChI is InChI=1S/C24H23ClN4O3S/c25-18-10-5-4-9-17(18)22(31)27-19(16-7-2-1-3-8-16)15-21(30)29-13-6-11-20(29)23(32)28-24-26-12-14-33-24/h1-5,7-10,12,14,19-20H,6,11,13,15H2,(H,27,31)(H,26,28,32). The van der Waals surface area contributed by atoms with E-state index in [1.165, 1.54) is 11.3 Å². The number of likely N-dealkylation sites (tertiary alicyclic amines) is 1. The number of nitrogens with zero attached hydrogens (tertiary/aromatic N) is 2. The molecule has 3 amide bonds. The molecule has 1 saturated heterocycles. The molecule has 4 rings (SSSR count). The van der Waals surface area contributed by atoms with Crippen LogP contribution < -0.4 is 10.6 Å². The minimum absolute atomic E-state index is 0.0290. The molecule has 1 fully saturated rings. The fourth-order valence-corrected chi connectivity index (χ4v) is 4.68. The van der Waals surface area contributed by atoms with Crippen molar-refractivity contribution in [3.05, 3.63) is 82.3 Å². The summed E-state index contributed by atoms with van der Waals surface area (Å²) in [5.41, 5.74) is 1.14. The molecule has 0 saturated carbocycles. The first kappa shape index (κ1) is 22.9. The molecule has 0 radical (unpaired) electrons. The van der Waals surface area contributed by atoms with E-state index in [2.05, 4.69) is 15.6 Å². The molecule has 170 valence electrons. The van der Waals surface area contributed by atoms with E-state index in [-0.39, 0.29) is 24.1 Å². The van der Waals surface area contributed by atoms with Gasteiger partial charge in [-0.1, -0.05) is 54.1 Å². The van der Waals surface area contributed by atoms with E-state index < -0.39 is 12.1 Å². The lowest BCUT2D eigenvalue weighted by Crippen LogP contribution is -2.44. The molecular formula is C24H23ClN4O3S. The third-order valence-electron chi connectivity index (χ3n) is 5.54. The molecule has 1 aliphatic rings. The lowest BCUT2D eigenvalue weighted by molar-refractivity contribution is -0.137. The van der Waals surface area contributed by atoms with Crippen LogP contribution in [-0.4, -0.2) is 40.2 Å². The Bertz CT molecular complexity index is 1120. The molecule has 2 aromatic carbocycles. The maximum atomic E-state index is 13.3. The van der Waals surface area contributed by atoms with E-state index in [1.54, 1.807) is 40.7 Å². The second-order valence-electron chi connectivity index (χ2n) is 7.69. The Morgan fingerprint density at radius 2 is 1.88 bits per heavy atom. The van der Waals surface area contributed by atoms with Crippen LogP contribution in [0, 0.1) is 0 Å². The Kier molecular flexibility index (Phi) is 7.36. The number of carbonyl (C=O) groups is 3. The van der Waals surface area contributed by atoms with Crippen LogP contribution in [0.5, 0.6) is 0 Å². The molecule has 0 bridgehead atoms. The summed E-state index contributed by atoms with van der Waals surface area (Å²) in [6.45, 7) is 0.495. The molecule has 2 heterocycles. The van der Waals surface area contributed by atoms with Gasteiger partial charge in [0, 0.05) is 18.1 Å². The lowest BCUT2D eigenvalue weighted by atomic mass is 10.0. The van der Waals surface area contributed by atoms with Gasteiger partial charge in [-0.3, -0.25) is 14.4 Å². The van der Waals surface area contributed by atoms with Crippen molar-refractivity contribution < 1.29 is 14.4 Å². The number of rotatable bonds is 7. The maximum Gasteiger partial charge on any atom is 0.253 e. The van der Waals surface area contributed by atoms with Gasteiger partial charge in [0.05, 0.1) is 23.0 Å². The van der Waals surface area contributed by atoms with Crippen LogP contribution in [0.2, 0.25) is 5.02 Å². The average Bonchev–Trinajstić information content (AvgIpc) is 3.51. The molecule has 0 aliphatic carbocycles. The van der Waals surface area contributed by atoms with Crippen LogP contribution in [0.25, 0.3) is 0 Å². The van der Waals surface area contributed by atoms with Crippen LogP contribution in [0.3, 0.4) is 0 Å². The van der Waals surface area contributed by atoms with Crippen molar-refractivity contribution >= 4 is 45.8 Å². The van der Waals surface area contributed by atoms with Crippen molar-refractivity contribution in [2.45, 2.75) is 31.3 Å². The van der Waals surface area contributed by atoms with Gasteiger partial charge in [-0.05, 0) is 30.5 Å². The molecule has 2 unspecified atom stereocenters. The molecule has 1 aromatic heterocycles. The molecule has 7 nitrogen and oxygen atoms in total. The van der Waals surface area contributed by atoms with Gasteiger partial charge >= 0.3 is 0 Å². The predicted molar refractivity (Wildman–Crippen MR) is 128 cm³/mol. The van der Waals surface area contributed by atoms with E-state index in [1.807, 2.05) is 30.3 Å².